The number of carbonyl (C=O) groups excluding carboxylic acids is 1. The smallest absolute Gasteiger partial charge is 0.323 e. The van der Waals surface area contributed by atoms with Crippen LogP contribution in [0.25, 0.3) is 0 Å². The number of rotatable bonds is 3. The van der Waals surface area contributed by atoms with Crippen molar-refractivity contribution in [2.45, 2.75) is 18.6 Å². The topological polar surface area (TPSA) is 47.6 Å². The molecule has 0 aromatic heterocycles. The van der Waals surface area contributed by atoms with E-state index in [1.807, 2.05) is 0 Å². The van der Waals surface area contributed by atoms with Crippen LogP contribution in [0, 0.1) is 11.6 Å². The Morgan fingerprint density at radius 1 is 1.44 bits per heavy atom. The molecule has 1 aromatic rings. The molecule has 1 fully saturated rings. The lowest BCUT2D eigenvalue weighted by molar-refractivity contribution is -0.142. The number of carbonyl (C=O) groups is 1. The van der Waals surface area contributed by atoms with Crippen molar-refractivity contribution in [1.82, 2.24) is 5.32 Å². The fraction of sp³-hybridized carbons (Fsp3) is 0.417. The molecule has 4 nitrogen and oxygen atoms in total. The predicted octanol–water partition coefficient (Wildman–Crippen LogP) is 1.25. The summed E-state index contributed by atoms with van der Waals surface area (Å²) in [4.78, 5) is 11.3. The van der Waals surface area contributed by atoms with Gasteiger partial charge in [-0.15, -0.1) is 0 Å². The first-order valence-corrected chi connectivity index (χ1v) is 5.53. The van der Waals surface area contributed by atoms with Gasteiger partial charge in [-0.3, -0.25) is 4.79 Å². The first-order valence-electron chi connectivity index (χ1n) is 5.53. The second-order valence-electron chi connectivity index (χ2n) is 4.03. The molecule has 6 heteroatoms. The largest absolute Gasteiger partial charge is 0.486 e. The van der Waals surface area contributed by atoms with Crippen LogP contribution in [0.2, 0.25) is 0 Å². The highest BCUT2D eigenvalue weighted by atomic mass is 19.1. The monoisotopic (exact) mass is 257 g/mol. The SMILES string of the molecule is COC(=O)[C@@H]1C[C@H](Oc2cc(F)ccc2F)CN1. The molecule has 1 aliphatic rings. The van der Waals surface area contributed by atoms with Crippen molar-refractivity contribution in [3.8, 4) is 5.75 Å². The van der Waals surface area contributed by atoms with Gasteiger partial charge in [-0.05, 0) is 12.1 Å². The summed E-state index contributed by atoms with van der Waals surface area (Å²) in [5.41, 5.74) is 0. The summed E-state index contributed by atoms with van der Waals surface area (Å²) in [6.45, 7) is 0.385. The van der Waals surface area contributed by atoms with Gasteiger partial charge < -0.3 is 14.8 Å². The molecule has 1 aromatic carbocycles. The minimum absolute atomic E-state index is 0.146. The van der Waals surface area contributed by atoms with Gasteiger partial charge in [0.25, 0.3) is 0 Å². The third kappa shape index (κ3) is 2.76. The van der Waals surface area contributed by atoms with Gasteiger partial charge in [-0.2, -0.15) is 0 Å². The average molecular weight is 257 g/mol. The van der Waals surface area contributed by atoms with Crippen LogP contribution >= 0.6 is 0 Å². The molecule has 1 heterocycles. The van der Waals surface area contributed by atoms with Crippen LogP contribution in [0.1, 0.15) is 6.42 Å². The molecular formula is C12H13F2NO3. The molecule has 0 amide bonds. The van der Waals surface area contributed by atoms with E-state index in [0.29, 0.717) is 13.0 Å². The highest BCUT2D eigenvalue weighted by Gasteiger charge is 2.31. The minimum atomic E-state index is -0.627. The van der Waals surface area contributed by atoms with E-state index < -0.39 is 17.7 Å². The molecule has 0 aliphatic carbocycles. The van der Waals surface area contributed by atoms with Crippen molar-refractivity contribution in [3.63, 3.8) is 0 Å². The van der Waals surface area contributed by atoms with Crippen molar-refractivity contribution in [1.29, 1.82) is 0 Å². The highest BCUT2D eigenvalue weighted by molar-refractivity contribution is 5.76. The number of hydrogen-bond donors (Lipinski definition) is 1. The average Bonchev–Trinajstić information content (AvgIpc) is 2.81. The Morgan fingerprint density at radius 3 is 2.94 bits per heavy atom. The fourth-order valence-corrected chi connectivity index (χ4v) is 1.86. The summed E-state index contributed by atoms with van der Waals surface area (Å²) >= 11 is 0. The molecule has 2 atom stereocenters. The van der Waals surface area contributed by atoms with Crippen molar-refractivity contribution in [3.05, 3.63) is 29.8 Å². The van der Waals surface area contributed by atoms with Crippen LogP contribution in [0.15, 0.2) is 18.2 Å². The maximum Gasteiger partial charge on any atom is 0.323 e. The predicted molar refractivity (Wildman–Crippen MR) is 59.2 cm³/mol. The number of hydrogen-bond acceptors (Lipinski definition) is 4. The molecule has 0 saturated carbocycles. The molecule has 0 bridgehead atoms. The number of methoxy groups -OCH3 is 1. The fourth-order valence-electron chi connectivity index (χ4n) is 1.86. The summed E-state index contributed by atoms with van der Waals surface area (Å²) in [6, 6.07) is 2.55. The van der Waals surface area contributed by atoms with Gasteiger partial charge in [-0.1, -0.05) is 0 Å². The van der Waals surface area contributed by atoms with Gasteiger partial charge in [0.1, 0.15) is 18.0 Å². The molecule has 0 radical (unpaired) electrons. The lowest BCUT2D eigenvalue weighted by Gasteiger charge is -2.13. The zero-order valence-electron chi connectivity index (χ0n) is 9.78. The Bertz CT molecular complexity index is 453. The van der Waals surface area contributed by atoms with Gasteiger partial charge >= 0.3 is 5.97 Å². The second kappa shape index (κ2) is 5.30. The third-order valence-electron chi connectivity index (χ3n) is 2.76. The number of ether oxygens (including phenoxy) is 2. The van der Waals surface area contributed by atoms with Crippen LogP contribution < -0.4 is 10.1 Å². The van der Waals surface area contributed by atoms with E-state index in [9.17, 15) is 13.6 Å². The highest BCUT2D eigenvalue weighted by Crippen LogP contribution is 2.22. The molecule has 2 rings (SSSR count). The Kier molecular flexibility index (Phi) is 3.76. The Balaban J connectivity index is 1.99. The van der Waals surface area contributed by atoms with Crippen LogP contribution in [0.4, 0.5) is 8.78 Å². The van der Waals surface area contributed by atoms with E-state index in [-0.39, 0.29) is 17.8 Å². The van der Waals surface area contributed by atoms with E-state index in [2.05, 4.69) is 10.1 Å². The maximum atomic E-state index is 13.3. The first kappa shape index (κ1) is 12.8. The van der Waals surface area contributed by atoms with Crippen LogP contribution in [0.3, 0.4) is 0 Å². The van der Waals surface area contributed by atoms with Gasteiger partial charge in [0, 0.05) is 19.0 Å². The molecule has 18 heavy (non-hydrogen) atoms. The molecule has 1 N–H and O–H groups in total. The van der Waals surface area contributed by atoms with Crippen molar-refractivity contribution in [2.24, 2.45) is 0 Å². The van der Waals surface area contributed by atoms with Crippen LogP contribution in [-0.4, -0.2) is 31.8 Å². The molecule has 1 aliphatic heterocycles. The van der Waals surface area contributed by atoms with Gasteiger partial charge in [-0.25, -0.2) is 8.78 Å². The van der Waals surface area contributed by atoms with Crippen molar-refractivity contribution >= 4 is 5.97 Å². The minimum Gasteiger partial charge on any atom is -0.486 e. The van der Waals surface area contributed by atoms with Crippen molar-refractivity contribution in [2.75, 3.05) is 13.7 Å². The molecular weight excluding hydrogens is 244 g/mol. The zero-order valence-corrected chi connectivity index (χ0v) is 9.78. The quantitative estimate of drug-likeness (QED) is 0.828. The van der Waals surface area contributed by atoms with Crippen LogP contribution in [-0.2, 0) is 9.53 Å². The molecule has 1 saturated heterocycles. The molecule has 98 valence electrons. The van der Waals surface area contributed by atoms with Crippen molar-refractivity contribution < 1.29 is 23.0 Å². The van der Waals surface area contributed by atoms with Gasteiger partial charge in [0.15, 0.2) is 11.6 Å². The van der Waals surface area contributed by atoms with Crippen LogP contribution in [0.5, 0.6) is 5.75 Å². The normalized spacial score (nSPS) is 22.8. The summed E-state index contributed by atoms with van der Waals surface area (Å²) in [6.07, 6.45) is -0.0202. The number of esters is 1. The number of benzene rings is 1. The Hall–Kier alpha value is -1.69. The number of halogens is 2. The second-order valence-corrected chi connectivity index (χ2v) is 4.03. The third-order valence-corrected chi connectivity index (χ3v) is 2.76. The number of nitrogens with one attached hydrogen (secondary N) is 1. The van der Waals surface area contributed by atoms with E-state index >= 15 is 0 Å². The first-order chi connectivity index (χ1) is 8.60. The zero-order chi connectivity index (χ0) is 13.1. The Morgan fingerprint density at radius 2 is 2.22 bits per heavy atom. The van der Waals surface area contributed by atoms with Gasteiger partial charge in [0.2, 0.25) is 0 Å². The van der Waals surface area contributed by atoms with E-state index in [1.54, 1.807) is 0 Å². The summed E-state index contributed by atoms with van der Waals surface area (Å²) in [5.74, 6) is -1.73. The van der Waals surface area contributed by atoms with Gasteiger partial charge in [0.05, 0.1) is 7.11 Å². The summed E-state index contributed by atoms with van der Waals surface area (Å²) in [5, 5.41) is 2.90. The lowest BCUT2D eigenvalue weighted by atomic mass is 10.2. The Labute approximate surface area is 103 Å². The summed E-state index contributed by atoms with van der Waals surface area (Å²) in [7, 11) is 1.30. The summed E-state index contributed by atoms with van der Waals surface area (Å²) < 4.78 is 36.2. The standard InChI is InChI=1S/C12H13F2NO3/c1-17-12(16)10-5-8(6-15-10)18-11-4-7(13)2-3-9(11)14/h2-4,8,10,15H,5-6H2,1H3/t8-,10-/m0/s1. The van der Waals surface area contributed by atoms with E-state index in [1.165, 1.54) is 7.11 Å². The molecule has 0 unspecified atom stereocenters. The molecule has 0 spiro atoms. The van der Waals surface area contributed by atoms with E-state index in [4.69, 9.17) is 4.74 Å². The van der Waals surface area contributed by atoms with E-state index in [0.717, 1.165) is 18.2 Å². The maximum absolute atomic E-state index is 13.3. The lowest BCUT2D eigenvalue weighted by Crippen LogP contribution is -2.31.